The van der Waals surface area contributed by atoms with Crippen molar-refractivity contribution in [2.75, 3.05) is 19.6 Å². The van der Waals surface area contributed by atoms with Gasteiger partial charge < -0.3 is 10.0 Å². The van der Waals surface area contributed by atoms with Crippen molar-refractivity contribution >= 4 is 13.8 Å². The number of carbonyl (C=O) groups is 1. The lowest BCUT2D eigenvalue weighted by atomic mass is 9.56. The van der Waals surface area contributed by atoms with Crippen molar-refractivity contribution in [3.8, 4) is 0 Å². The van der Waals surface area contributed by atoms with E-state index >= 15 is 0 Å². The monoisotopic (exact) mass is 329 g/mol. The second-order valence-electron chi connectivity index (χ2n) is 7.53. The van der Waals surface area contributed by atoms with Gasteiger partial charge in [-0.2, -0.15) is 0 Å². The predicted octanol–water partition coefficient (Wildman–Crippen LogP) is 3.40. The molecule has 1 saturated heterocycles. The van der Waals surface area contributed by atoms with E-state index in [0.29, 0.717) is 5.92 Å². The van der Waals surface area contributed by atoms with Crippen LogP contribution in [-0.4, -0.2) is 43.5 Å². The first-order chi connectivity index (χ1) is 11.6. The van der Waals surface area contributed by atoms with Gasteiger partial charge in [0.15, 0.2) is 0 Å². The van der Waals surface area contributed by atoms with E-state index in [2.05, 4.69) is 42.2 Å². The number of aliphatic carboxylic acids is 1. The van der Waals surface area contributed by atoms with Gasteiger partial charge in [-0.25, -0.2) is 0 Å². The summed E-state index contributed by atoms with van der Waals surface area (Å²) in [6, 6.07) is 10.6. The summed E-state index contributed by atoms with van der Waals surface area (Å²) in [5, 5.41) is 9.20. The summed E-state index contributed by atoms with van der Waals surface area (Å²) in [7, 11) is 1.97. The molecule has 24 heavy (non-hydrogen) atoms. The molecule has 2 rings (SSSR count). The third-order valence-corrected chi connectivity index (χ3v) is 5.81. The minimum atomic E-state index is -0.599. The Kier molecular flexibility index (Phi) is 7.35. The van der Waals surface area contributed by atoms with Gasteiger partial charge in [0.05, 0.1) is 0 Å². The summed E-state index contributed by atoms with van der Waals surface area (Å²) in [5.41, 5.74) is 1.41. The Morgan fingerprint density at radius 1 is 1.25 bits per heavy atom. The topological polar surface area (TPSA) is 40.5 Å². The van der Waals surface area contributed by atoms with Crippen molar-refractivity contribution in [2.24, 2.45) is 5.92 Å². The molecule has 1 aliphatic heterocycles. The minimum Gasteiger partial charge on any atom is -0.481 e. The summed E-state index contributed by atoms with van der Waals surface area (Å²) in [4.78, 5) is 14.3. The molecule has 0 amide bonds. The van der Waals surface area contributed by atoms with Crippen molar-refractivity contribution < 1.29 is 9.90 Å². The van der Waals surface area contributed by atoms with Crippen LogP contribution in [0.25, 0.3) is 0 Å². The molecule has 0 aliphatic carbocycles. The van der Waals surface area contributed by atoms with Gasteiger partial charge in [-0.3, -0.25) is 4.79 Å². The van der Waals surface area contributed by atoms with Crippen LogP contribution < -0.4 is 0 Å². The Bertz CT molecular complexity index is 500. The Labute approximate surface area is 147 Å². The first-order valence-electron chi connectivity index (χ1n) is 9.56. The molecule has 1 N–H and O–H groups in total. The average Bonchev–Trinajstić information content (AvgIpc) is 2.61. The van der Waals surface area contributed by atoms with Gasteiger partial charge in [-0.05, 0) is 63.2 Å². The van der Waals surface area contributed by atoms with Gasteiger partial charge in [0, 0.05) is 5.31 Å². The van der Waals surface area contributed by atoms with Crippen LogP contribution >= 0.6 is 0 Å². The summed E-state index contributed by atoms with van der Waals surface area (Å²) in [5.74, 6) is -0.273. The predicted molar refractivity (Wildman–Crippen MR) is 102 cm³/mol. The molecular formula is C20H32BNO2. The molecule has 0 spiro atoms. The molecular weight excluding hydrogens is 297 g/mol. The van der Waals surface area contributed by atoms with Gasteiger partial charge in [0.1, 0.15) is 7.85 Å². The van der Waals surface area contributed by atoms with Gasteiger partial charge in [-0.1, -0.05) is 50.1 Å². The molecule has 0 saturated carbocycles. The summed E-state index contributed by atoms with van der Waals surface area (Å²) >= 11 is 0. The van der Waals surface area contributed by atoms with Crippen molar-refractivity contribution in [3.63, 3.8) is 0 Å². The van der Waals surface area contributed by atoms with Crippen LogP contribution in [0.3, 0.4) is 0 Å². The first-order valence-corrected chi connectivity index (χ1v) is 9.56. The molecule has 132 valence electrons. The number of carboxylic acids is 1. The van der Waals surface area contributed by atoms with E-state index in [4.69, 9.17) is 0 Å². The Hall–Kier alpha value is -1.29. The Morgan fingerprint density at radius 3 is 2.50 bits per heavy atom. The van der Waals surface area contributed by atoms with Crippen LogP contribution in [0.1, 0.15) is 51.0 Å². The lowest BCUT2D eigenvalue weighted by molar-refractivity contribution is -0.143. The number of hydrogen-bond donors (Lipinski definition) is 1. The SMILES string of the molecule is BC(CCCC)(C(=O)O)C1CCN(CCCc2ccccc2)CC1. The second kappa shape index (κ2) is 9.26. The molecule has 1 unspecified atom stereocenters. The molecule has 4 heteroatoms. The Morgan fingerprint density at radius 2 is 1.92 bits per heavy atom. The highest BCUT2D eigenvalue weighted by atomic mass is 16.4. The smallest absolute Gasteiger partial charge is 0.301 e. The molecule has 1 aromatic carbocycles. The number of aryl methyl sites for hydroxylation is 1. The summed E-state index contributed by atoms with van der Waals surface area (Å²) in [6.45, 7) is 5.36. The number of benzene rings is 1. The molecule has 0 bridgehead atoms. The van der Waals surface area contributed by atoms with E-state index in [9.17, 15) is 9.90 Å². The van der Waals surface area contributed by atoms with Crippen LogP contribution in [0.15, 0.2) is 30.3 Å². The third-order valence-electron chi connectivity index (χ3n) is 5.81. The molecule has 1 fully saturated rings. The van der Waals surface area contributed by atoms with E-state index in [1.54, 1.807) is 0 Å². The normalized spacial score (nSPS) is 19.0. The largest absolute Gasteiger partial charge is 0.481 e. The number of unbranched alkanes of at least 4 members (excludes halogenated alkanes) is 1. The average molecular weight is 329 g/mol. The van der Waals surface area contributed by atoms with E-state index in [-0.39, 0.29) is 0 Å². The number of piperidine rings is 1. The number of likely N-dealkylation sites (tertiary alicyclic amines) is 1. The van der Waals surface area contributed by atoms with E-state index in [1.807, 2.05) is 7.85 Å². The minimum absolute atomic E-state index is 0.326. The molecule has 0 aromatic heterocycles. The summed E-state index contributed by atoms with van der Waals surface area (Å²) < 4.78 is 0. The number of rotatable bonds is 9. The maximum atomic E-state index is 11.8. The standard InChI is InChI=1S/C20H32BNO2/c1-2-3-13-20(21,19(23)24)18-11-15-22(16-12-18)14-7-10-17-8-5-4-6-9-17/h4-6,8-9,18H,2-3,7,10-16,21H2,1H3,(H,23,24). The highest BCUT2D eigenvalue weighted by molar-refractivity contribution is 6.26. The highest BCUT2D eigenvalue weighted by Gasteiger charge is 2.41. The van der Waals surface area contributed by atoms with E-state index in [0.717, 1.165) is 58.2 Å². The number of hydrogen-bond acceptors (Lipinski definition) is 2. The van der Waals surface area contributed by atoms with Crippen LogP contribution in [0.5, 0.6) is 0 Å². The third kappa shape index (κ3) is 5.10. The van der Waals surface area contributed by atoms with Crippen LogP contribution in [0.4, 0.5) is 0 Å². The molecule has 1 aliphatic rings. The zero-order valence-corrected chi connectivity index (χ0v) is 15.3. The quantitative estimate of drug-likeness (QED) is 0.706. The van der Waals surface area contributed by atoms with Gasteiger partial charge in [-0.15, -0.1) is 0 Å². The van der Waals surface area contributed by atoms with Crippen LogP contribution in [-0.2, 0) is 11.2 Å². The molecule has 3 nitrogen and oxygen atoms in total. The van der Waals surface area contributed by atoms with Gasteiger partial charge >= 0.3 is 5.97 Å². The molecule has 0 radical (unpaired) electrons. The number of carboxylic acid groups (broad SMARTS) is 1. The van der Waals surface area contributed by atoms with Crippen molar-refractivity contribution in [1.29, 1.82) is 0 Å². The summed E-state index contributed by atoms with van der Waals surface area (Å²) in [6.07, 6.45) is 7.26. The fraction of sp³-hybridized carbons (Fsp3) is 0.650. The maximum absolute atomic E-state index is 11.8. The lowest BCUT2D eigenvalue weighted by Gasteiger charge is -2.40. The highest BCUT2D eigenvalue weighted by Crippen LogP contribution is 2.43. The van der Waals surface area contributed by atoms with Crippen LogP contribution in [0.2, 0.25) is 5.31 Å². The van der Waals surface area contributed by atoms with E-state index in [1.165, 1.54) is 12.0 Å². The maximum Gasteiger partial charge on any atom is 0.301 e. The fourth-order valence-corrected chi connectivity index (χ4v) is 3.97. The zero-order chi connectivity index (χ0) is 17.4. The second-order valence-corrected chi connectivity index (χ2v) is 7.53. The fourth-order valence-electron chi connectivity index (χ4n) is 3.97. The molecule has 1 atom stereocenters. The van der Waals surface area contributed by atoms with Crippen LogP contribution in [0, 0.1) is 5.92 Å². The van der Waals surface area contributed by atoms with Gasteiger partial charge in [0.2, 0.25) is 0 Å². The molecule has 1 heterocycles. The van der Waals surface area contributed by atoms with E-state index < -0.39 is 11.3 Å². The van der Waals surface area contributed by atoms with Crippen molar-refractivity contribution in [2.45, 2.75) is 57.2 Å². The van der Waals surface area contributed by atoms with Crippen molar-refractivity contribution in [3.05, 3.63) is 35.9 Å². The molecule has 1 aromatic rings. The van der Waals surface area contributed by atoms with Crippen molar-refractivity contribution in [1.82, 2.24) is 4.90 Å². The lowest BCUT2D eigenvalue weighted by Crippen LogP contribution is -2.42. The van der Waals surface area contributed by atoms with Gasteiger partial charge in [0.25, 0.3) is 0 Å². The zero-order valence-electron chi connectivity index (χ0n) is 15.3. The Balaban J connectivity index is 1.76. The number of nitrogens with zero attached hydrogens (tertiary/aromatic N) is 1. The first kappa shape index (κ1) is 19.0.